The summed E-state index contributed by atoms with van der Waals surface area (Å²) in [4.78, 5) is 0. The van der Waals surface area contributed by atoms with E-state index in [2.05, 4.69) is 26.0 Å². The van der Waals surface area contributed by atoms with E-state index >= 15 is 0 Å². The molecule has 3 rings (SSSR count). The lowest BCUT2D eigenvalue weighted by Crippen LogP contribution is -1.97. The van der Waals surface area contributed by atoms with Crippen LogP contribution in [0.15, 0.2) is 60.7 Å². The van der Waals surface area contributed by atoms with Gasteiger partial charge in [0.05, 0.1) is 0 Å². The smallest absolute Gasteiger partial charge is 0.131 e. The Morgan fingerprint density at radius 1 is 0.391 bits per heavy atom. The highest BCUT2D eigenvalue weighted by Crippen LogP contribution is 2.32. The number of nitrogens with two attached hydrogens (primary N) is 2. The summed E-state index contributed by atoms with van der Waals surface area (Å²) in [6.45, 7) is 4.55. The third kappa shape index (κ3) is 15.4. The number of rotatable bonds is 26. The molecule has 0 unspecified atom stereocenters. The first-order chi connectivity index (χ1) is 22.6. The molecule has 4 N–H and O–H groups in total. The second-order valence-electron chi connectivity index (χ2n) is 13.3. The summed E-state index contributed by atoms with van der Waals surface area (Å²) in [5, 5.41) is 0. The molecule has 0 heterocycles. The third-order valence-corrected chi connectivity index (χ3v) is 9.11. The fourth-order valence-electron chi connectivity index (χ4n) is 6.20. The molecule has 254 valence electrons. The monoisotopic (exact) mass is 628 g/mol. The molecule has 0 aliphatic heterocycles. The second-order valence-corrected chi connectivity index (χ2v) is 13.3. The molecular formula is C42H64N2O2. The van der Waals surface area contributed by atoms with Gasteiger partial charge in [-0.1, -0.05) is 135 Å². The van der Waals surface area contributed by atoms with Crippen molar-refractivity contribution in [1.82, 2.24) is 0 Å². The lowest BCUT2D eigenvalue weighted by atomic mass is 10.0. The van der Waals surface area contributed by atoms with Gasteiger partial charge in [-0.15, -0.1) is 0 Å². The molecule has 0 saturated carbocycles. The van der Waals surface area contributed by atoms with Gasteiger partial charge in [0.1, 0.15) is 23.0 Å². The average molecular weight is 629 g/mol. The average Bonchev–Trinajstić information content (AvgIpc) is 3.05. The van der Waals surface area contributed by atoms with Gasteiger partial charge in [0.2, 0.25) is 0 Å². The maximum atomic E-state index is 6.33. The van der Waals surface area contributed by atoms with Crippen LogP contribution in [0.25, 0.3) is 0 Å². The topological polar surface area (TPSA) is 70.5 Å². The van der Waals surface area contributed by atoms with Crippen molar-refractivity contribution in [2.24, 2.45) is 0 Å². The van der Waals surface area contributed by atoms with Crippen LogP contribution in [0.2, 0.25) is 0 Å². The number of anilines is 2. The van der Waals surface area contributed by atoms with Crippen LogP contribution in [0.1, 0.15) is 153 Å². The SMILES string of the molecule is CCCCCCCCCCCCc1cc(Oc2cccc(Oc3ccc(N)c(CCCCCCCCCCCC)c3)c2)ccc1N. The summed E-state index contributed by atoms with van der Waals surface area (Å²) < 4.78 is 12.5. The standard InChI is InChI=1S/C42H64N2O2/c1-3-5-7-9-11-13-15-17-19-21-24-35-32-39(28-30-41(35)43)45-37-26-23-27-38(34-37)46-40-29-31-42(44)36(33-40)25-22-20-18-16-14-12-10-8-6-4-2/h23,26-34H,3-22,24-25,43-44H2,1-2H3. The number of nitrogen functional groups attached to an aromatic ring is 2. The summed E-state index contributed by atoms with van der Waals surface area (Å²) in [6.07, 6.45) is 28.6. The first-order valence-corrected chi connectivity index (χ1v) is 18.8. The zero-order valence-corrected chi connectivity index (χ0v) is 29.3. The molecule has 0 saturated heterocycles. The molecule has 0 fully saturated rings. The Morgan fingerprint density at radius 3 is 1.09 bits per heavy atom. The quantitative estimate of drug-likeness (QED) is 0.0685. The van der Waals surface area contributed by atoms with Crippen LogP contribution in [0.4, 0.5) is 11.4 Å². The summed E-state index contributed by atoms with van der Waals surface area (Å²) in [5.41, 5.74) is 16.7. The summed E-state index contributed by atoms with van der Waals surface area (Å²) in [6, 6.07) is 19.8. The van der Waals surface area contributed by atoms with E-state index in [0.29, 0.717) is 0 Å². The van der Waals surface area contributed by atoms with Crippen LogP contribution in [0, 0.1) is 0 Å². The van der Waals surface area contributed by atoms with Gasteiger partial charge in [0, 0.05) is 17.4 Å². The van der Waals surface area contributed by atoms with E-state index in [-0.39, 0.29) is 0 Å². The Hall–Kier alpha value is -3.14. The zero-order chi connectivity index (χ0) is 32.7. The largest absolute Gasteiger partial charge is 0.457 e. The molecule has 46 heavy (non-hydrogen) atoms. The Bertz CT molecular complexity index is 1130. The van der Waals surface area contributed by atoms with Crippen molar-refractivity contribution in [2.75, 3.05) is 11.5 Å². The number of hydrogen-bond acceptors (Lipinski definition) is 4. The van der Waals surface area contributed by atoms with E-state index in [9.17, 15) is 0 Å². The minimum absolute atomic E-state index is 0.744. The van der Waals surface area contributed by atoms with Gasteiger partial charge in [0.15, 0.2) is 0 Å². The fourth-order valence-corrected chi connectivity index (χ4v) is 6.20. The molecule has 0 spiro atoms. The number of unbranched alkanes of at least 4 members (excludes halogenated alkanes) is 18. The van der Waals surface area contributed by atoms with Crippen LogP contribution >= 0.6 is 0 Å². The number of aryl methyl sites for hydroxylation is 2. The third-order valence-electron chi connectivity index (χ3n) is 9.11. The van der Waals surface area contributed by atoms with Gasteiger partial charge < -0.3 is 20.9 Å². The van der Waals surface area contributed by atoms with E-state index in [1.807, 2.05) is 48.5 Å². The molecule has 3 aromatic carbocycles. The van der Waals surface area contributed by atoms with Gasteiger partial charge in [-0.25, -0.2) is 0 Å². The minimum atomic E-state index is 0.744. The molecule has 0 aliphatic carbocycles. The van der Waals surface area contributed by atoms with Crippen molar-refractivity contribution in [3.8, 4) is 23.0 Å². The van der Waals surface area contributed by atoms with Crippen LogP contribution in [-0.2, 0) is 12.8 Å². The van der Waals surface area contributed by atoms with Gasteiger partial charge in [-0.3, -0.25) is 0 Å². The Kier molecular flexibility index (Phi) is 18.8. The summed E-state index contributed by atoms with van der Waals surface area (Å²) >= 11 is 0. The lowest BCUT2D eigenvalue weighted by molar-refractivity contribution is 0.459. The maximum Gasteiger partial charge on any atom is 0.131 e. The number of benzene rings is 3. The van der Waals surface area contributed by atoms with Gasteiger partial charge in [-0.2, -0.15) is 0 Å². The van der Waals surface area contributed by atoms with E-state index < -0.39 is 0 Å². The van der Waals surface area contributed by atoms with Gasteiger partial charge in [0.25, 0.3) is 0 Å². The molecule has 0 aromatic heterocycles. The normalized spacial score (nSPS) is 11.2. The summed E-state index contributed by atoms with van der Waals surface area (Å²) in [7, 11) is 0. The van der Waals surface area contributed by atoms with Gasteiger partial charge >= 0.3 is 0 Å². The molecule has 0 amide bonds. The van der Waals surface area contributed by atoms with Crippen LogP contribution in [-0.4, -0.2) is 0 Å². The molecular weight excluding hydrogens is 564 g/mol. The number of hydrogen-bond donors (Lipinski definition) is 2. The molecule has 3 aromatic rings. The highest BCUT2D eigenvalue weighted by Gasteiger charge is 2.08. The highest BCUT2D eigenvalue weighted by molar-refractivity contribution is 5.53. The predicted molar refractivity (Wildman–Crippen MR) is 199 cm³/mol. The molecule has 0 bridgehead atoms. The highest BCUT2D eigenvalue weighted by atomic mass is 16.5. The van der Waals surface area contributed by atoms with Crippen LogP contribution in [0.3, 0.4) is 0 Å². The van der Waals surface area contributed by atoms with E-state index in [4.69, 9.17) is 20.9 Å². The van der Waals surface area contributed by atoms with Crippen molar-refractivity contribution in [3.05, 3.63) is 71.8 Å². The Labute approximate surface area is 281 Å². The number of ether oxygens (including phenoxy) is 2. The van der Waals surface area contributed by atoms with Gasteiger partial charge in [-0.05, 0) is 85.3 Å². The Balaban J connectivity index is 1.41. The summed E-state index contributed by atoms with van der Waals surface area (Å²) in [5.74, 6) is 3.10. The Morgan fingerprint density at radius 2 is 0.717 bits per heavy atom. The molecule has 4 nitrogen and oxygen atoms in total. The first-order valence-electron chi connectivity index (χ1n) is 18.8. The zero-order valence-electron chi connectivity index (χ0n) is 29.3. The van der Waals surface area contributed by atoms with Crippen molar-refractivity contribution in [1.29, 1.82) is 0 Å². The molecule has 4 heteroatoms. The fraction of sp³-hybridized carbons (Fsp3) is 0.571. The van der Waals surface area contributed by atoms with E-state index in [1.165, 1.54) is 127 Å². The lowest BCUT2D eigenvalue weighted by Gasteiger charge is -2.13. The van der Waals surface area contributed by atoms with E-state index in [0.717, 1.165) is 60.1 Å². The molecule has 0 aliphatic rings. The van der Waals surface area contributed by atoms with Crippen LogP contribution < -0.4 is 20.9 Å². The van der Waals surface area contributed by atoms with Crippen molar-refractivity contribution < 1.29 is 9.47 Å². The predicted octanol–water partition coefficient (Wildman–Crippen LogP) is 13.4. The molecule has 0 atom stereocenters. The maximum absolute atomic E-state index is 6.33. The second kappa shape index (κ2) is 23.2. The van der Waals surface area contributed by atoms with Crippen molar-refractivity contribution in [3.63, 3.8) is 0 Å². The molecule has 0 radical (unpaired) electrons. The van der Waals surface area contributed by atoms with Crippen molar-refractivity contribution in [2.45, 2.75) is 155 Å². The van der Waals surface area contributed by atoms with Crippen LogP contribution in [0.5, 0.6) is 23.0 Å². The van der Waals surface area contributed by atoms with Crippen molar-refractivity contribution >= 4 is 11.4 Å². The first kappa shape index (κ1) is 37.3. The minimum Gasteiger partial charge on any atom is -0.457 e. The van der Waals surface area contributed by atoms with E-state index in [1.54, 1.807) is 0 Å².